The number of halogens is 1. The molecule has 6 heteroatoms. The monoisotopic (exact) mass is 203 g/mol. The van der Waals surface area contributed by atoms with E-state index < -0.39 is 16.9 Å². The molecule has 1 aliphatic carbocycles. The molecule has 1 unspecified atom stereocenters. The lowest BCUT2D eigenvalue weighted by Gasteiger charge is -2.09. The van der Waals surface area contributed by atoms with Crippen LogP contribution in [0.25, 0.3) is 0 Å². The molecule has 1 N–H and O–H groups in total. The van der Waals surface area contributed by atoms with Crippen molar-refractivity contribution >= 4 is 17.6 Å². The summed E-state index contributed by atoms with van der Waals surface area (Å²) in [5, 5.41) is 18.8. The van der Waals surface area contributed by atoms with Crippen molar-refractivity contribution in [3.63, 3.8) is 0 Å². The number of rotatable bonds is 2. The van der Waals surface area contributed by atoms with Gasteiger partial charge in [-0.3, -0.25) is 10.1 Å². The van der Waals surface area contributed by atoms with E-state index in [4.69, 9.17) is 16.7 Å². The molecule has 0 aliphatic heterocycles. The lowest BCUT2D eigenvalue weighted by molar-refractivity contribution is -0.508. The van der Waals surface area contributed by atoms with Crippen LogP contribution in [-0.2, 0) is 4.79 Å². The Hall–Kier alpha value is -1.36. The van der Waals surface area contributed by atoms with Gasteiger partial charge in [-0.1, -0.05) is 17.7 Å². The van der Waals surface area contributed by atoms with E-state index >= 15 is 0 Å². The molecular weight excluding hydrogens is 198 g/mol. The van der Waals surface area contributed by atoms with Crippen LogP contribution in [0.5, 0.6) is 0 Å². The van der Waals surface area contributed by atoms with Gasteiger partial charge in [-0.25, -0.2) is 4.79 Å². The van der Waals surface area contributed by atoms with Crippen molar-refractivity contribution in [3.05, 3.63) is 32.9 Å². The van der Waals surface area contributed by atoms with Gasteiger partial charge >= 0.3 is 5.97 Å². The molecule has 0 amide bonds. The fraction of sp³-hybridized carbons (Fsp3) is 0.286. The second-order valence-electron chi connectivity index (χ2n) is 2.53. The minimum absolute atomic E-state index is 0.0690. The van der Waals surface area contributed by atoms with Gasteiger partial charge in [0.2, 0.25) is 6.04 Å². The van der Waals surface area contributed by atoms with Crippen molar-refractivity contribution in [2.45, 2.75) is 12.5 Å². The number of hydrogen-bond acceptors (Lipinski definition) is 3. The van der Waals surface area contributed by atoms with Gasteiger partial charge in [0, 0.05) is 17.4 Å². The molecule has 1 atom stereocenters. The number of aliphatic carboxylic acids is 1. The van der Waals surface area contributed by atoms with Gasteiger partial charge in [-0.05, 0) is 0 Å². The second-order valence-corrected chi connectivity index (χ2v) is 2.93. The van der Waals surface area contributed by atoms with E-state index in [2.05, 4.69) is 0 Å². The van der Waals surface area contributed by atoms with Crippen LogP contribution in [0.3, 0.4) is 0 Å². The molecule has 0 fully saturated rings. The minimum atomic E-state index is -1.16. The Morgan fingerprint density at radius 3 is 2.77 bits per heavy atom. The predicted octanol–water partition coefficient (Wildman–Crippen LogP) is 1.17. The molecule has 1 rings (SSSR count). The van der Waals surface area contributed by atoms with Gasteiger partial charge in [-0.2, -0.15) is 0 Å². The van der Waals surface area contributed by atoms with Crippen LogP contribution < -0.4 is 0 Å². The van der Waals surface area contributed by atoms with Crippen LogP contribution >= 0.6 is 11.6 Å². The maximum Gasteiger partial charge on any atom is 0.336 e. The van der Waals surface area contributed by atoms with Crippen LogP contribution in [-0.4, -0.2) is 22.0 Å². The molecule has 5 nitrogen and oxygen atoms in total. The van der Waals surface area contributed by atoms with Crippen LogP contribution in [0.1, 0.15) is 6.42 Å². The summed E-state index contributed by atoms with van der Waals surface area (Å²) in [6, 6.07) is -0.907. The van der Waals surface area contributed by atoms with E-state index in [-0.39, 0.29) is 17.0 Å². The first kappa shape index (κ1) is 9.73. The number of hydrogen-bond donors (Lipinski definition) is 1. The number of nitrogens with zero attached hydrogens (tertiary/aromatic N) is 1. The normalized spacial score (nSPS) is 21.8. The van der Waals surface area contributed by atoms with E-state index in [0.717, 1.165) is 6.08 Å². The molecule has 0 saturated heterocycles. The molecule has 0 aromatic rings. The standard InChI is InChI=1S/C7H6ClNO4/c8-6-3-4(9(12)13)1-2-5(6)7(10)11/h2-4H,1H2,(H,10,11). The Morgan fingerprint density at radius 1 is 1.77 bits per heavy atom. The van der Waals surface area contributed by atoms with Gasteiger partial charge in [0.1, 0.15) is 0 Å². The third kappa shape index (κ3) is 2.06. The lowest BCUT2D eigenvalue weighted by Crippen LogP contribution is -2.20. The molecule has 0 aromatic carbocycles. The van der Waals surface area contributed by atoms with E-state index in [9.17, 15) is 14.9 Å². The van der Waals surface area contributed by atoms with Gasteiger partial charge in [0.25, 0.3) is 0 Å². The van der Waals surface area contributed by atoms with Gasteiger partial charge in [0.05, 0.1) is 10.6 Å². The van der Waals surface area contributed by atoms with Crippen LogP contribution in [0.2, 0.25) is 0 Å². The van der Waals surface area contributed by atoms with Gasteiger partial charge in [0.15, 0.2) is 0 Å². The molecule has 0 radical (unpaired) electrons. The highest BCUT2D eigenvalue weighted by atomic mass is 35.5. The average molecular weight is 204 g/mol. The molecule has 0 spiro atoms. The minimum Gasteiger partial charge on any atom is -0.478 e. The first-order valence-corrected chi connectivity index (χ1v) is 3.85. The molecule has 1 aliphatic rings. The Bertz CT molecular complexity index is 320. The highest BCUT2D eigenvalue weighted by molar-refractivity contribution is 6.35. The summed E-state index contributed by atoms with van der Waals surface area (Å²) in [4.78, 5) is 20.3. The van der Waals surface area contributed by atoms with Crippen molar-refractivity contribution in [1.82, 2.24) is 0 Å². The Morgan fingerprint density at radius 2 is 2.38 bits per heavy atom. The molecular formula is C7H6ClNO4. The number of carboxylic acids is 1. The first-order chi connectivity index (χ1) is 6.02. The number of nitro groups is 1. The maximum atomic E-state index is 10.5. The molecule has 0 saturated carbocycles. The average Bonchev–Trinajstić information content (AvgIpc) is 2.03. The Balaban J connectivity index is 2.86. The molecule has 0 bridgehead atoms. The summed E-state index contributed by atoms with van der Waals surface area (Å²) in [5.74, 6) is -1.16. The summed E-state index contributed by atoms with van der Waals surface area (Å²) >= 11 is 5.52. The summed E-state index contributed by atoms with van der Waals surface area (Å²) in [7, 11) is 0. The summed E-state index contributed by atoms with van der Waals surface area (Å²) in [6.07, 6.45) is 2.48. The third-order valence-corrected chi connectivity index (χ3v) is 1.99. The van der Waals surface area contributed by atoms with Gasteiger partial charge < -0.3 is 5.11 Å². The van der Waals surface area contributed by atoms with E-state index in [0.29, 0.717) is 0 Å². The fourth-order valence-corrected chi connectivity index (χ4v) is 1.30. The number of carbonyl (C=O) groups is 1. The van der Waals surface area contributed by atoms with Gasteiger partial charge in [-0.15, -0.1) is 0 Å². The molecule has 0 heterocycles. The number of carboxylic acid groups (broad SMARTS) is 1. The first-order valence-electron chi connectivity index (χ1n) is 3.47. The van der Waals surface area contributed by atoms with E-state index in [1.54, 1.807) is 0 Å². The predicted molar refractivity (Wildman–Crippen MR) is 45.1 cm³/mol. The highest BCUT2D eigenvalue weighted by Crippen LogP contribution is 2.23. The van der Waals surface area contributed by atoms with Crippen molar-refractivity contribution < 1.29 is 14.8 Å². The topological polar surface area (TPSA) is 80.4 Å². The Kier molecular flexibility index (Phi) is 2.67. The van der Waals surface area contributed by atoms with Crippen LogP contribution in [0.4, 0.5) is 0 Å². The SMILES string of the molecule is O=C(O)C1=CCC([N+](=O)[O-])C=C1Cl. The van der Waals surface area contributed by atoms with E-state index in [1.807, 2.05) is 0 Å². The summed E-state index contributed by atoms with van der Waals surface area (Å²) in [6.45, 7) is 0. The largest absolute Gasteiger partial charge is 0.478 e. The van der Waals surface area contributed by atoms with Crippen molar-refractivity contribution in [2.24, 2.45) is 0 Å². The maximum absolute atomic E-state index is 10.5. The second kappa shape index (κ2) is 3.57. The highest BCUT2D eigenvalue weighted by Gasteiger charge is 2.25. The molecule has 70 valence electrons. The third-order valence-electron chi connectivity index (χ3n) is 1.66. The lowest BCUT2D eigenvalue weighted by atomic mass is 10.0. The fourth-order valence-electron chi connectivity index (χ4n) is 0.999. The van der Waals surface area contributed by atoms with Crippen molar-refractivity contribution in [1.29, 1.82) is 0 Å². The zero-order chi connectivity index (χ0) is 10.0. The van der Waals surface area contributed by atoms with Crippen molar-refractivity contribution in [2.75, 3.05) is 0 Å². The van der Waals surface area contributed by atoms with Crippen LogP contribution in [0.15, 0.2) is 22.8 Å². The van der Waals surface area contributed by atoms with Crippen LogP contribution in [0, 0.1) is 10.1 Å². The zero-order valence-electron chi connectivity index (χ0n) is 6.44. The van der Waals surface area contributed by atoms with E-state index in [1.165, 1.54) is 6.08 Å². The molecule has 0 aromatic heterocycles. The quantitative estimate of drug-likeness (QED) is 0.540. The summed E-state index contributed by atoms with van der Waals surface area (Å²) < 4.78 is 0. The summed E-state index contributed by atoms with van der Waals surface area (Å²) in [5.41, 5.74) is -0.0697. The molecule has 13 heavy (non-hydrogen) atoms. The van der Waals surface area contributed by atoms with Crippen molar-refractivity contribution in [3.8, 4) is 0 Å². The zero-order valence-corrected chi connectivity index (χ0v) is 7.19. The smallest absolute Gasteiger partial charge is 0.336 e. The Labute approximate surface area is 78.5 Å².